The van der Waals surface area contributed by atoms with E-state index >= 15 is 0 Å². The molecule has 5 heteroatoms. The zero-order valence-corrected chi connectivity index (χ0v) is 15.0. The highest BCUT2D eigenvalue weighted by Gasteiger charge is 2.26. The van der Waals surface area contributed by atoms with Gasteiger partial charge in [0, 0.05) is 6.04 Å². The van der Waals surface area contributed by atoms with E-state index in [0.29, 0.717) is 4.88 Å². The minimum atomic E-state index is -0.477. The molecule has 0 spiro atoms. The van der Waals surface area contributed by atoms with Crippen molar-refractivity contribution in [1.82, 2.24) is 10.6 Å². The Bertz CT molecular complexity index is 491. The molecule has 1 aliphatic rings. The number of carbonyl (C=O) groups excluding carboxylic acids is 2. The lowest BCUT2D eigenvalue weighted by atomic mass is 9.95. The molecule has 1 fully saturated rings. The Balaban J connectivity index is 1.93. The highest BCUT2D eigenvalue weighted by atomic mass is 32.1. The number of hydrogen-bond donors (Lipinski definition) is 2. The van der Waals surface area contributed by atoms with Crippen molar-refractivity contribution in [1.29, 1.82) is 0 Å². The fraction of sp³-hybridized carbons (Fsp3) is 0.667. The number of amides is 2. The molecule has 1 aromatic heterocycles. The minimum Gasteiger partial charge on any atom is -0.352 e. The van der Waals surface area contributed by atoms with E-state index in [1.165, 1.54) is 43.4 Å². The van der Waals surface area contributed by atoms with Gasteiger partial charge in [-0.1, -0.05) is 52.0 Å². The van der Waals surface area contributed by atoms with Crippen LogP contribution in [0.4, 0.5) is 0 Å². The van der Waals surface area contributed by atoms with Crippen LogP contribution in [0.5, 0.6) is 0 Å². The monoisotopic (exact) mass is 336 g/mol. The number of carbonyl (C=O) groups is 2. The normalized spacial score (nSPS) is 18.0. The van der Waals surface area contributed by atoms with E-state index in [9.17, 15) is 9.59 Å². The molecule has 0 bridgehead atoms. The highest BCUT2D eigenvalue weighted by Crippen LogP contribution is 2.18. The Morgan fingerprint density at radius 3 is 2.35 bits per heavy atom. The summed E-state index contributed by atoms with van der Waals surface area (Å²) in [7, 11) is 0. The van der Waals surface area contributed by atoms with Crippen LogP contribution in [0.1, 0.15) is 68.5 Å². The molecule has 0 aliphatic heterocycles. The van der Waals surface area contributed by atoms with Gasteiger partial charge in [-0.3, -0.25) is 9.59 Å². The molecular formula is C18H28N2O2S. The van der Waals surface area contributed by atoms with Gasteiger partial charge in [0.1, 0.15) is 6.04 Å². The fourth-order valence-corrected chi connectivity index (χ4v) is 3.67. The van der Waals surface area contributed by atoms with Gasteiger partial charge >= 0.3 is 0 Å². The SMILES string of the molecule is CC(C)C(NC(=O)c1cccs1)C(=O)NC1CCCCCCC1. The average molecular weight is 337 g/mol. The Kier molecular flexibility index (Phi) is 7.09. The first-order valence-electron chi connectivity index (χ1n) is 8.72. The molecule has 1 unspecified atom stereocenters. The van der Waals surface area contributed by atoms with Crippen molar-refractivity contribution in [3.05, 3.63) is 22.4 Å². The second-order valence-corrected chi connectivity index (χ2v) is 7.67. The van der Waals surface area contributed by atoms with E-state index in [4.69, 9.17) is 0 Å². The molecule has 1 aromatic rings. The predicted octanol–water partition coefficient (Wildman–Crippen LogP) is 3.73. The first-order valence-corrected chi connectivity index (χ1v) is 9.60. The summed E-state index contributed by atoms with van der Waals surface area (Å²) in [6.45, 7) is 3.94. The molecule has 4 nitrogen and oxygen atoms in total. The predicted molar refractivity (Wildman–Crippen MR) is 94.7 cm³/mol. The highest BCUT2D eigenvalue weighted by molar-refractivity contribution is 7.12. The van der Waals surface area contributed by atoms with Crippen molar-refractivity contribution in [2.75, 3.05) is 0 Å². The maximum Gasteiger partial charge on any atom is 0.262 e. The fourth-order valence-electron chi connectivity index (χ4n) is 3.05. The third-order valence-corrected chi connectivity index (χ3v) is 5.30. The van der Waals surface area contributed by atoms with Gasteiger partial charge in [-0.05, 0) is 30.2 Å². The molecule has 23 heavy (non-hydrogen) atoms. The lowest BCUT2D eigenvalue weighted by Crippen LogP contribution is -2.52. The first-order chi connectivity index (χ1) is 11.1. The first kappa shape index (κ1) is 18.0. The van der Waals surface area contributed by atoms with E-state index in [0.717, 1.165) is 12.8 Å². The van der Waals surface area contributed by atoms with Crippen molar-refractivity contribution in [3.8, 4) is 0 Å². The van der Waals surface area contributed by atoms with Crippen LogP contribution in [-0.4, -0.2) is 23.9 Å². The summed E-state index contributed by atoms with van der Waals surface area (Å²) in [4.78, 5) is 25.5. The molecule has 0 aromatic carbocycles. The van der Waals surface area contributed by atoms with Crippen LogP contribution in [0.15, 0.2) is 17.5 Å². The molecule has 1 heterocycles. The third kappa shape index (κ3) is 5.65. The van der Waals surface area contributed by atoms with Crippen LogP contribution in [0.2, 0.25) is 0 Å². The smallest absolute Gasteiger partial charge is 0.262 e. The number of rotatable bonds is 5. The Hall–Kier alpha value is -1.36. The molecule has 2 amide bonds. The van der Waals surface area contributed by atoms with Gasteiger partial charge in [0.2, 0.25) is 5.91 Å². The van der Waals surface area contributed by atoms with Crippen molar-refractivity contribution >= 4 is 23.2 Å². The second kappa shape index (κ2) is 9.06. The summed E-state index contributed by atoms with van der Waals surface area (Å²) < 4.78 is 0. The quantitative estimate of drug-likeness (QED) is 0.861. The van der Waals surface area contributed by atoms with Crippen LogP contribution < -0.4 is 10.6 Å². The molecule has 0 saturated heterocycles. The number of thiophene rings is 1. The van der Waals surface area contributed by atoms with Gasteiger partial charge in [-0.15, -0.1) is 11.3 Å². The number of nitrogens with one attached hydrogen (secondary N) is 2. The summed E-state index contributed by atoms with van der Waals surface area (Å²) in [6, 6.07) is 3.40. The van der Waals surface area contributed by atoms with Gasteiger partial charge in [0.25, 0.3) is 5.91 Å². The zero-order chi connectivity index (χ0) is 16.7. The van der Waals surface area contributed by atoms with Gasteiger partial charge in [0.05, 0.1) is 4.88 Å². The summed E-state index contributed by atoms with van der Waals surface area (Å²) in [6.07, 6.45) is 8.29. The third-order valence-electron chi connectivity index (χ3n) is 4.43. The van der Waals surface area contributed by atoms with E-state index in [2.05, 4.69) is 10.6 Å². The van der Waals surface area contributed by atoms with Crippen LogP contribution >= 0.6 is 11.3 Å². The average Bonchev–Trinajstić information content (AvgIpc) is 3.01. The number of hydrogen-bond acceptors (Lipinski definition) is 3. The summed E-state index contributed by atoms with van der Waals surface area (Å²) in [5.41, 5.74) is 0. The van der Waals surface area contributed by atoms with Gasteiger partial charge in [0.15, 0.2) is 0 Å². The summed E-state index contributed by atoms with van der Waals surface area (Å²) in [5, 5.41) is 7.93. The van der Waals surface area contributed by atoms with Gasteiger partial charge in [-0.2, -0.15) is 0 Å². The van der Waals surface area contributed by atoms with Crippen molar-refractivity contribution in [2.45, 2.75) is 70.9 Å². The largest absolute Gasteiger partial charge is 0.352 e. The summed E-state index contributed by atoms with van der Waals surface area (Å²) in [5.74, 6) is -0.144. The molecule has 1 saturated carbocycles. The van der Waals surface area contributed by atoms with Crippen LogP contribution in [0, 0.1) is 5.92 Å². The standard InChI is InChI=1S/C18H28N2O2S/c1-13(2)16(20-17(21)15-11-8-12-23-15)18(22)19-14-9-6-4-3-5-7-10-14/h8,11-14,16H,3-7,9-10H2,1-2H3,(H,19,22)(H,20,21). The maximum atomic E-state index is 12.6. The topological polar surface area (TPSA) is 58.2 Å². The van der Waals surface area contributed by atoms with Crippen LogP contribution in [-0.2, 0) is 4.79 Å². The molecular weight excluding hydrogens is 308 g/mol. The molecule has 2 rings (SSSR count). The van der Waals surface area contributed by atoms with Gasteiger partial charge < -0.3 is 10.6 Å². The van der Waals surface area contributed by atoms with Crippen molar-refractivity contribution < 1.29 is 9.59 Å². The van der Waals surface area contributed by atoms with Crippen molar-refractivity contribution in [3.63, 3.8) is 0 Å². The second-order valence-electron chi connectivity index (χ2n) is 6.72. The Labute approximate surface area is 143 Å². The maximum absolute atomic E-state index is 12.6. The lowest BCUT2D eigenvalue weighted by molar-refractivity contribution is -0.124. The zero-order valence-electron chi connectivity index (χ0n) is 14.1. The van der Waals surface area contributed by atoms with Crippen LogP contribution in [0.3, 0.4) is 0 Å². The lowest BCUT2D eigenvalue weighted by Gasteiger charge is -2.26. The van der Waals surface area contributed by atoms with Crippen LogP contribution in [0.25, 0.3) is 0 Å². The van der Waals surface area contributed by atoms with E-state index < -0.39 is 6.04 Å². The minimum absolute atomic E-state index is 0.0459. The summed E-state index contributed by atoms with van der Waals surface area (Å²) >= 11 is 1.39. The Morgan fingerprint density at radius 1 is 1.13 bits per heavy atom. The van der Waals surface area contributed by atoms with E-state index in [1.54, 1.807) is 6.07 Å². The van der Waals surface area contributed by atoms with Crippen molar-refractivity contribution in [2.24, 2.45) is 5.92 Å². The van der Waals surface area contributed by atoms with E-state index in [-0.39, 0.29) is 23.8 Å². The molecule has 128 valence electrons. The van der Waals surface area contributed by atoms with E-state index in [1.807, 2.05) is 25.3 Å². The molecule has 1 aliphatic carbocycles. The van der Waals surface area contributed by atoms with Gasteiger partial charge in [-0.25, -0.2) is 0 Å². The molecule has 1 atom stereocenters. The molecule has 0 radical (unpaired) electrons. The Morgan fingerprint density at radius 2 is 1.78 bits per heavy atom. The molecule has 2 N–H and O–H groups in total.